The first-order valence-electron chi connectivity index (χ1n) is 4.15. The maximum Gasteiger partial charge on any atom is 0.175 e. The molecule has 2 heteroatoms. The Hall–Kier alpha value is -0.340. The minimum absolute atomic E-state index is 0.242. The lowest BCUT2D eigenvalue weighted by atomic mass is 10.2. The molecular formula is C9H14O2. The first-order valence-corrected chi connectivity index (χ1v) is 4.15. The molecule has 1 saturated heterocycles. The van der Waals surface area contributed by atoms with E-state index in [4.69, 9.17) is 9.47 Å². The van der Waals surface area contributed by atoms with Crippen LogP contribution in [0.3, 0.4) is 0 Å². The fourth-order valence-corrected chi connectivity index (χ4v) is 1.87. The summed E-state index contributed by atoms with van der Waals surface area (Å²) >= 11 is 0. The zero-order chi connectivity index (χ0) is 7.90. The summed E-state index contributed by atoms with van der Waals surface area (Å²) in [6.07, 6.45) is 1.94. The zero-order valence-electron chi connectivity index (χ0n) is 7.14. The van der Waals surface area contributed by atoms with Gasteiger partial charge >= 0.3 is 0 Å². The van der Waals surface area contributed by atoms with Crippen LogP contribution in [0.25, 0.3) is 0 Å². The molecule has 0 aromatic rings. The summed E-state index contributed by atoms with van der Waals surface area (Å²) in [5, 5.41) is 0. The van der Waals surface area contributed by atoms with Gasteiger partial charge in [-0.1, -0.05) is 11.1 Å². The lowest BCUT2D eigenvalue weighted by molar-refractivity contribution is -0.147. The van der Waals surface area contributed by atoms with Gasteiger partial charge in [0, 0.05) is 12.8 Å². The van der Waals surface area contributed by atoms with Crippen LogP contribution in [0.4, 0.5) is 0 Å². The predicted octanol–water partition coefficient (Wildman–Crippen LogP) is 1.86. The van der Waals surface area contributed by atoms with Gasteiger partial charge in [0.2, 0.25) is 0 Å². The summed E-state index contributed by atoms with van der Waals surface area (Å²) in [6, 6.07) is 0. The van der Waals surface area contributed by atoms with Gasteiger partial charge in [-0.2, -0.15) is 0 Å². The first kappa shape index (κ1) is 7.32. The van der Waals surface area contributed by atoms with Gasteiger partial charge in [-0.3, -0.25) is 0 Å². The van der Waals surface area contributed by atoms with E-state index in [2.05, 4.69) is 13.8 Å². The maximum absolute atomic E-state index is 5.58. The molecule has 0 radical (unpaired) electrons. The molecule has 0 amide bonds. The third kappa shape index (κ3) is 1.10. The Morgan fingerprint density at radius 1 is 1.00 bits per heavy atom. The van der Waals surface area contributed by atoms with Crippen molar-refractivity contribution in [2.24, 2.45) is 0 Å². The summed E-state index contributed by atoms with van der Waals surface area (Å²) in [5.41, 5.74) is 2.87. The average Bonchev–Trinajstić information content (AvgIpc) is 2.46. The molecule has 0 unspecified atom stereocenters. The molecule has 1 aliphatic heterocycles. The third-order valence-corrected chi connectivity index (χ3v) is 2.61. The second-order valence-corrected chi connectivity index (χ2v) is 3.52. The normalized spacial score (nSPS) is 28.9. The van der Waals surface area contributed by atoms with Crippen LogP contribution >= 0.6 is 0 Å². The summed E-state index contributed by atoms with van der Waals surface area (Å²) in [6.45, 7) is 5.85. The zero-order valence-corrected chi connectivity index (χ0v) is 7.14. The predicted molar refractivity (Wildman–Crippen MR) is 42.2 cm³/mol. The molecule has 1 spiro atoms. The van der Waals surface area contributed by atoms with E-state index in [1.54, 1.807) is 0 Å². The molecule has 0 bridgehead atoms. The fourth-order valence-electron chi connectivity index (χ4n) is 1.87. The van der Waals surface area contributed by atoms with Gasteiger partial charge in [-0.25, -0.2) is 0 Å². The highest BCUT2D eigenvalue weighted by atomic mass is 16.7. The van der Waals surface area contributed by atoms with Crippen LogP contribution < -0.4 is 0 Å². The smallest absolute Gasteiger partial charge is 0.175 e. The topological polar surface area (TPSA) is 18.5 Å². The van der Waals surface area contributed by atoms with Crippen molar-refractivity contribution in [3.63, 3.8) is 0 Å². The van der Waals surface area contributed by atoms with Gasteiger partial charge in [-0.15, -0.1) is 0 Å². The Balaban J connectivity index is 2.12. The van der Waals surface area contributed by atoms with Crippen molar-refractivity contribution >= 4 is 0 Å². The Morgan fingerprint density at radius 3 is 1.91 bits per heavy atom. The molecule has 0 aromatic carbocycles. The van der Waals surface area contributed by atoms with E-state index in [0.29, 0.717) is 0 Å². The van der Waals surface area contributed by atoms with Crippen LogP contribution in [-0.2, 0) is 9.47 Å². The number of ether oxygens (including phenoxy) is 2. The summed E-state index contributed by atoms with van der Waals surface area (Å²) < 4.78 is 11.2. The monoisotopic (exact) mass is 154 g/mol. The van der Waals surface area contributed by atoms with E-state index in [0.717, 1.165) is 26.1 Å². The van der Waals surface area contributed by atoms with E-state index < -0.39 is 0 Å². The average molecular weight is 154 g/mol. The van der Waals surface area contributed by atoms with E-state index in [-0.39, 0.29) is 5.79 Å². The van der Waals surface area contributed by atoms with Crippen molar-refractivity contribution in [2.45, 2.75) is 32.5 Å². The van der Waals surface area contributed by atoms with Crippen molar-refractivity contribution < 1.29 is 9.47 Å². The molecule has 2 rings (SSSR count). The van der Waals surface area contributed by atoms with E-state index in [9.17, 15) is 0 Å². The van der Waals surface area contributed by atoms with Gasteiger partial charge in [0.25, 0.3) is 0 Å². The quantitative estimate of drug-likeness (QED) is 0.496. The number of rotatable bonds is 0. The van der Waals surface area contributed by atoms with Gasteiger partial charge in [0.05, 0.1) is 13.2 Å². The molecule has 0 saturated carbocycles. The lowest BCUT2D eigenvalue weighted by Gasteiger charge is -2.21. The SMILES string of the molecule is CC1=C(C)CC2(C1)OCCO2. The first-order chi connectivity index (χ1) is 5.22. The molecule has 62 valence electrons. The summed E-state index contributed by atoms with van der Waals surface area (Å²) in [5.74, 6) is -0.242. The molecule has 1 heterocycles. The number of hydrogen-bond donors (Lipinski definition) is 0. The minimum atomic E-state index is -0.242. The van der Waals surface area contributed by atoms with E-state index in [1.165, 1.54) is 11.1 Å². The van der Waals surface area contributed by atoms with Crippen LogP contribution in [0.5, 0.6) is 0 Å². The van der Waals surface area contributed by atoms with Crippen LogP contribution in [0.1, 0.15) is 26.7 Å². The van der Waals surface area contributed by atoms with Crippen molar-refractivity contribution in [1.29, 1.82) is 0 Å². The molecule has 0 N–H and O–H groups in total. The Labute approximate surface area is 67.2 Å². The fraction of sp³-hybridized carbons (Fsp3) is 0.778. The molecule has 2 aliphatic rings. The van der Waals surface area contributed by atoms with Crippen LogP contribution in [0.15, 0.2) is 11.1 Å². The molecule has 1 aliphatic carbocycles. The van der Waals surface area contributed by atoms with Crippen molar-refractivity contribution in [2.75, 3.05) is 13.2 Å². The van der Waals surface area contributed by atoms with E-state index >= 15 is 0 Å². The second-order valence-electron chi connectivity index (χ2n) is 3.52. The van der Waals surface area contributed by atoms with Gasteiger partial charge in [-0.05, 0) is 13.8 Å². The minimum Gasteiger partial charge on any atom is -0.347 e. The van der Waals surface area contributed by atoms with Crippen LogP contribution in [-0.4, -0.2) is 19.0 Å². The lowest BCUT2D eigenvalue weighted by Crippen LogP contribution is -2.26. The molecule has 2 nitrogen and oxygen atoms in total. The molecule has 11 heavy (non-hydrogen) atoms. The highest BCUT2D eigenvalue weighted by molar-refractivity contribution is 5.21. The van der Waals surface area contributed by atoms with Gasteiger partial charge in [0.15, 0.2) is 5.79 Å². The van der Waals surface area contributed by atoms with Crippen LogP contribution in [0.2, 0.25) is 0 Å². The second kappa shape index (κ2) is 2.32. The number of hydrogen-bond acceptors (Lipinski definition) is 2. The molecule has 1 fully saturated rings. The highest BCUT2D eigenvalue weighted by Crippen LogP contribution is 2.40. The van der Waals surface area contributed by atoms with Crippen molar-refractivity contribution in [3.8, 4) is 0 Å². The maximum atomic E-state index is 5.58. The highest BCUT2D eigenvalue weighted by Gasteiger charge is 2.41. The third-order valence-electron chi connectivity index (χ3n) is 2.61. The van der Waals surface area contributed by atoms with E-state index in [1.807, 2.05) is 0 Å². The summed E-state index contributed by atoms with van der Waals surface area (Å²) in [4.78, 5) is 0. The molecular weight excluding hydrogens is 140 g/mol. The Bertz CT molecular complexity index is 184. The molecule has 0 aromatic heterocycles. The summed E-state index contributed by atoms with van der Waals surface area (Å²) in [7, 11) is 0. The Morgan fingerprint density at radius 2 is 1.45 bits per heavy atom. The Kier molecular flexibility index (Phi) is 1.55. The van der Waals surface area contributed by atoms with Crippen molar-refractivity contribution in [1.82, 2.24) is 0 Å². The molecule has 0 atom stereocenters. The van der Waals surface area contributed by atoms with Gasteiger partial charge in [0.1, 0.15) is 0 Å². The largest absolute Gasteiger partial charge is 0.347 e. The van der Waals surface area contributed by atoms with Crippen molar-refractivity contribution in [3.05, 3.63) is 11.1 Å². The van der Waals surface area contributed by atoms with Gasteiger partial charge < -0.3 is 9.47 Å². The van der Waals surface area contributed by atoms with Crippen LogP contribution in [0, 0.1) is 0 Å². The standard InChI is InChI=1S/C9H14O2/c1-7-5-9(6-8(7)2)10-3-4-11-9/h3-6H2,1-2H3.